The molecule has 24 heavy (non-hydrogen) atoms. The van der Waals surface area contributed by atoms with Gasteiger partial charge in [0.05, 0.1) is 6.04 Å². The van der Waals surface area contributed by atoms with E-state index in [4.69, 9.17) is 0 Å². The number of carbonyl (C=O) groups excluding carboxylic acids is 2. The fourth-order valence-electron chi connectivity index (χ4n) is 3.47. The molecule has 2 rings (SSSR count). The van der Waals surface area contributed by atoms with Crippen LogP contribution in [-0.4, -0.2) is 36.5 Å². The van der Waals surface area contributed by atoms with Gasteiger partial charge >= 0.3 is 0 Å². The van der Waals surface area contributed by atoms with E-state index in [2.05, 4.69) is 16.0 Å². The van der Waals surface area contributed by atoms with Gasteiger partial charge in [-0.3, -0.25) is 9.59 Å². The molecular formula is C19H31N3O2. The Hall–Kier alpha value is -1.62. The van der Waals surface area contributed by atoms with Crippen molar-refractivity contribution in [3.8, 4) is 0 Å². The molecule has 1 saturated heterocycles. The summed E-state index contributed by atoms with van der Waals surface area (Å²) in [5, 5.41) is 9.53. The van der Waals surface area contributed by atoms with E-state index >= 15 is 0 Å². The predicted molar refractivity (Wildman–Crippen MR) is 96.5 cm³/mol. The smallest absolute Gasteiger partial charge is 0.251 e. The van der Waals surface area contributed by atoms with Crippen LogP contribution in [0.3, 0.4) is 0 Å². The van der Waals surface area contributed by atoms with Crippen LogP contribution in [0.25, 0.3) is 0 Å². The summed E-state index contributed by atoms with van der Waals surface area (Å²) in [5.41, 5.74) is 0.685. The SMILES string of the molecule is CC=C(C=CCC)C(=O)NC1CCCCC1NC(=O)C1CCCN1. The van der Waals surface area contributed by atoms with E-state index < -0.39 is 0 Å². The molecule has 3 atom stereocenters. The van der Waals surface area contributed by atoms with Gasteiger partial charge in [-0.05, 0) is 45.6 Å². The highest BCUT2D eigenvalue weighted by Gasteiger charge is 2.31. The lowest BCUT2D eigenvalue weighted by atomic mass is 9.89. The summed E-state index contributed by atoms with van der Waals surface area (Å²) in [4.78, 5) is 24.8. The van der Waals surface area contributed by atoms with Gasteiger partial charge in [-0.15, -0.1) is 0 Å². The summed E-state index contributed by atoms with van der Waals surface area (Å²) in [6.07, 6.45) is 12.6. The van der Waals surface area contributed by atoms with Crippen LogP contribution in [0.1, 0.15) is 58.8 Å². The maximum atomic E-state index is 12.5. The van der Waals surface area contributed by atoms with Crippen molar-refractivity contribution in [2.45, 2.75) is 76.9 Å². The Labute approximate surface area is 145 Å². The van der Waals surface area contributed by atoms with E-state index in [9.17, 15) is 9.59 Å². The molecule has 134 valence electrons. The highest BCUT2D eigenvalue weighted by molar-refractivity contribution is 5.96. The molecule has 0 aromatic heterocycles. The number of rotatable bonds is 6. The topological polar surface area (TPSA) is 70.2 Å². The van der Waals surface area contributed by atoms with Crippen LogP contribution in [0, 0.1) is 0 Å². The summed E-state index contributed by atoms with van der Waals surface area (Å²) in [6.45, 7) is 4.84. The van der Waals surface area contributed by atoms with Gasteiger partial charge in [0.1, 0.15) is 0 Å². The summed E-state index contributed by atoms with van der Waals surface area (Å²) in [5.74, 6) is 0.0307. The minimum absolute atomic E-state index is 0.0154. The highest BCUT2D eigenvalue weighted by atomic mass is 16.2. The summed E-state index contributed by atoms with van der Waals surface area (Å²) in [7, 11) is 0. The number of allylic oxidation sites excluding steroid dienone is 2. The summed E-state index contributed by atoms with van der Waals surface area (Å²) in [6, 6.07) is -0.0192. The molecule has 0 aromatic rings. The highest BCUT2D eigenvalue weighted by Crippen LogP contribution is 2.20. The van der Waals surface area contributed by atoms with Crippen LogP contribution < -0.4 is 16.0 Å². The van der Waals surface area contributed by atoms with Crippen molar-refractivity contribution in [2.75, 3.05) is 6.54 Å². The van der Waals surface area contributed by atoms with Crippen LogP contribution in [0.4, 0.5) is 0 Å². The third-order valence-electron chi connectivity index (χ3n) is 4.89. The minimum atomic E-state index is -0.0677. The van der Waals surface area contributed by atoms with E-state index in [1.807, 2.05) is 32.1 Å². The lowest BCUT2D eigenvalue weighted by Crippen LogP contribution is -2.56. The van der Waals surface area contributed by atoms with E-state index in [0.717, 1.165) is 51.5 Å². The van der Waals surface area contributed by atoms with Gasteiger partial charge in [-0.25, -0.2) is 0 Å². The normalized spacial score (nSPS) is 28.1. The molecule has 2 aliphatic rings. The zero-order valence-electron chi connectivity index (χ0n) is 14.9. The quantitative estimate of drug-likeness (QED) is 0.515. The third-order valence-corrected chi connectivity index (χ3v) is 4.89. The fourth-order valence-corrected chi connectivity index (χ4v) is 3.47. The molecule has 2 fully saturated rings. The second kappa shape index (κ2) is 9.62. The Morgan fingerprint density at radius 3 is 2.38 bits per heavy atom. The van der Waals surface area contributed by atoms with Crippen molar-refractivity contribution in [1.29, 1.82) is 0 Å². The molecule has 0 radical (unpaired) electrons. The van der Waals surface area contributed by atoms with Crippen molar-refractivity contribution in [3.05, 3.63) is 23.8 Å². The number of nitrogens with one attached hydrogen (secondary N) is 3. The molecule has 1 aliphatic heterocycles. The third kappa shape index (κ3) is 5.20. The molecule has 2 amide bonds. The molecule has 3 unspecified atom stereocenters. The first-order valence-corrected chi connectivity index (χ1v) is 9.33. The Bertz CT molecular complexity index is 493. The van der Waals surface area contributed by atoms with E-state index in [1.54, 1.807) is 0 Å². The number of hydrogen-bond acceptors (Lipinski definition) is 3. The van der Waals surface area contributed by atoms with Gasteiger partial charge in [0.2, 0.25) is 5.91 Å². The van der Waals surface area contributed by atoms with Crippen LogP contribution in [0.2, 0.25) is 0 Å². The zero-order chi connectivity index (χ0) is 17.4. The molecule has 0 aromatic carbocycles. The van der Waals surface area contributed by atoms with Crippen LogP contribution in [0.5, 0.6) is 0 Å². The summed E-state index contributed by atoms with van der Waals surface area (Å²) >= 11 is 0. The van der Waals surface area contributed by atoms with Gasteiger partial charge in [0.15, 0.2) is 0 Å². The molecule has 1 aliphatic carbocycles. The Morgan fingerprint density at radius 1 is 1.08 bits per heavy atom. The molecule has 5 nitrogen and oxygen atoms in total. The average molecular weight is 333 g/mol. The largest absolute Gasteiger partial charge is 0.350 e. The standard InChI is InChI=1S/C19H31N3O2/c1-3-5-9-14(4-2)18(23)21-15-10-6-7-11-16(15)22-19(24)17-12-8-13-20-17/h4-5,9,15-17,20H,3,6-8,10-13H2,1-2H3,(H,21,23)(H,22,24). The van der Waals surface area contributed by atoms with Gasteiger partial charge in [0, 0.05) is 17.7 Å². The first-order valence-electron chi connectivity index (χ1n) is 9.33. The number of carbonyl (C=O) groups is 2. The lowest BCUT2D eigenvalue weighted by Gasteiger charge is -2.33. The lowest BCUT2D eigenvalue weighted by molar-refractivity contribution is -0.125. The van der Waals surface area contributed by atoms with Crippen molar-refractivity contribution in [1.82, 2.24) is 16.0 Å². The maximum absolute atomic E-state index is 12.5. The van der Waals surface area contributed by atoms with Gasteiger partial charge in [-0.1, -0.05) is 38.0 Å². The van der Waals surface area contributed by atoms with Crippen molar-refractivity contribution in [2.24, 2.45) is 0 Å². The Balaban J connectivity index is 1.94. The molecule has 1 heterocycles. The van der Waals surface area contributed by atoms with E-state index in [0.29, 0.717) is 5.57 Å². The van der Waals surface area contributed by atoms with Crippen LogP contribution in [0.15, 0.2) is 23.8 Å². The average Bonchev–Trinajstić information content (AvgIpc) is 3.12. The fraction of sp³-hybridized carbons (Fsp3) is 0.684. The molecular weight excluding hydrogens is 302 g/mol. The first kappa shape index (κ1) is 18.7. The molecule has 3 N–H and O–H groups in total. The Kier molecular flexibility index (Phi) is 7.50. The van der Waals surface area contributed by atoms with Gasteiger partial charge in [0.25, 0.3) is 5.91 Å². The minimum Gasteiger partial charge on any atom is -0.350 e. The predicted octanol–water partition coefficient (Wildman–Crippen LogP) is 2.19. The maximum Gasteiger partial charge on any atom is 0.251 e. The zero-order valence-corrected chi connectivity index (χ0v) is 14.9. The molecule has 5 heteroatoms. The van der Waals surface area contributed by atoms with Gasteiger partial charge < -0.3 is 16.0 Å². The second-order valence-electron chi connectivity index (χ2n) is 6.68. The monoisotopic (exact) mass is 333 g/mol. The molecule has 1 saturated carbocycles. The van der Waals surface area contributed by atoms with Crippen molar-refractivity contribution < 1.29 is 9.59 Å². The van der Waals surface area contributed by atoms with E-state index in [1.165, 1.54) is 0 Å². The number of hydrogen-bond donors (Lipinski definition) is 3. The van der Waals surface area contributed by atoms with Crippen LogP contribution >= 0.6 is 0 Å². The van der Waals surface area contributed by atoms with Crippen LogP contribution in [-0.2, 0) is 9.59 Å². The second-order valence-corrected chi connectivity index (χ2v) is 6.68. The molecule has 0 spiro atoms. The Morgan fingerprint density at radius 2 is 1.79 bits per heavy atom. The van der Waals surface area contributed by atoms with E-state index in [-0.39, 0.29) is 29.9 Å². The van der Waals surface area contributed by atoms with Gasteiger partial charge in [-0.2, -0.15) is 0 Å². The van der Waals surface area contributed by atoms with Crippen molar-refractivity contribution >= 4 is 11.8 Å². The number of amides is 2. The van der Waals surface area contributed by atoms with Crippen molar-refractivity contribution in [3.63, 3.8) is 0 Å². The summed E-state index contributed by atoms with van der Waals surface area (Å²) < 4.78 is 0. The molecule has 0 bridgehead atoms. The first-order chi connectivity index (χ1) is 11.7.